The van der Waals surface area contributed by atoms with Gasteiger partial charge in [0.1, 0.15) is 5.82 Å². The van der Waals surface area contributed by atoms with Crippen LogP contribution in [0.5, 0.6) is 0 Å². The Kier molecular flexibility index (Phi) is 5.71. The molecule has 1 fully saturated rings. The van der Waals surface area contributed by atoms with E-state index in [1.807, 2.05) is 0 Å². The maximum Gasteiger partial charge on any atom is 0.321 e. The van der Waals surface area contributed by atoms with E-state index in [9.17, 15) is 9.18 Å². The Morgan fingerprint density at radius 2 is 2.00 bits per heavy atom. The van der Waals surface area contributed by atoms with Gasteiger partial charge in [-0.05, 0) is 12.1 Å². The molecule has 6 heteroatoms. The zero-order chi connectivity index (χ0) is 15.1. The molecule has 1 aliphatic rings. The van der Waals surface area contributed by atoms with Crippen LogP contribution in [-0.4, -0.2) is 55.1 Å². The van der Waals surface area contributed by atoms with E-state index in [0.29, 0.717) is 25.2 Å². The van der Waals surface area contributed by atoms with Crippen LogP contribution in [-0.2, 0) is 0 Å². The van der Waals surface area contributed by atoms with E-state index >= 15 is 0 Å². The molecule has 0 aliphatic carbocycles. The monoisotopic (exact) mass is 292 g/mol. The highest BCUT2D eigenvalue weighted by Gasteiger charge is 2.19. The van der Waals surface area contributed by atoms with Crippen LogP contribution in [0.15, 0.2) is 30.5 Å². The van der Waals surface area contributed by atoms with Crippen molar-refractivity contribution in [3.05, 3.63) is 41.8 Å². The van der Waals surface area contributed by atoms with Crippen molar-refractivity contribution >= 4 is 12.1 Å². The smallest absolute Gasteiger partial charge is 0.321 e. The fourth-order valence-corrected chi connectivity index (χ4v) is 2.26. The van der Waals surface area contributed by atoms with Crippen molar-refractivity contribution in [1.82, 2.24) is 15.1 Å². The van der Waals surface area contributed by atoms with Gasteiger partial charge in [-0.2, -0.15) is 0 Å². The average Bonchev–Trinajstić information content (AvgIpc) is 2.50. The lowest BCUT2D eigenvalue weighted by atomic mass is 10.2. The number of urea groups is 1. The molecule has 1 aromatic rings. The van der Waals surface area contributed by atoms with E-state index in [2.05, 4.69) is 10.2 Å². The first-order valence-electron chi connectivity index (χ1n) is 7.09. The summed E-state index contributed by atoms with van der Waals surface area (Å²) < 4.78 is 13.4. The molecule has 114 valence electrons. The highest BCUT2D eigenvalue weighted by Crippen LogP contribution is 2.07. The molecule has 0 bridgehead atoms. The summed E-state index contributed by atoms with van der Waals surface area (Å²) >= 11 is 0. The van der Waals surface area contributed by atoms with Crippen molar-refractivity contribution in [2.45, 2.75) is 0 Å². The molecular formula is C15H21FN4O. The van der Waals surface area contributed by atoms with E-state index in [1.165, 1.54) is 12.3 Å². The molecule has 0 saturated carbocycles. The second-order valence-corrected chi connectivity index (χ2v) is 4.92. The van der Waals surface area contributed by atoms with E-state index in [1.54, 1.807) is 29.2 Å². The lowest BCUT2D eigenvalue weighted by Gasteiger charge is -2.34. The predicted octanol–water partition coefficient (Wildman–Crippen LogP) is 1.08. The molecule has 1 aromatic carbocycles. The fourth-order valence-electron chi connectivity index (χ4n) is 2.26. The first-order valence-corrected chi connectivity index (χ1v) is 7.09. The maximum absolute atomic E-state index is 13.4. The second kappa shape index (κ2) is 7.75. The summed E-state index contributed by atoms with van der Waals surface area (Å²) in [6.45, 7) is 4.53. The molecule has 1 saturated heterocycles. The Morgan fingerprint density at radius 1 is 1.29 bits per heavy atom. The van der Waals surface area contributed by atoms with Crippen molar-refractivity contribution in [3.63, 3.8) is 0 Å². The van der Waals surface area contributed by atoms with Gasteiger partial charge >= 0.3 is 6.03 Å². The van der Waals surface area contributed by atoms with Crippen molar-refractivity contribution < 1.29 is 9.18 Å². The number of nitrogens with one attached hydrogen (secondary N) is 1. The standard InChI is InChI=1S/C15H21FN4O/c16-14-4-2-1-3-13(14)5-7-18-15(21)20-11-9-19(8-6-17)10-12-20/h1-5,7H,6,8-12,17H2,(H,18,21)/b7-5+. The maximum atomic E-state index is 13.4. The second-order valence-electron chi connectivity index (χ2n) is 4.92. The molecule has 0 atom stereocenters. The molecule has 0 aromatic heterocycles. The number of hydrogen-bond donors (Lipinski definition) is 2. The highest BCUT2D eigenvalue weighted by molar-refractivity contribution is 5.76. The largest absolute Gasteiger partial charge is 0.329 e. The summed E-state index contributed by atoms with van der Waals surface area (Å²) in [6.07, 6.45) is 3.03. The van der Waals surface area contributed by atoms with Gasteiger partial charge in [-0.3, -0.25) is 4.90 Å². The van der Waals surface area contributed by atoms with Crippen LogP contribution in [0.25, 0.3) is 6.08 Å². The number of hydrogen-bond acceptors (Lipinski definition) is 3. The molecule has 0 spiro atoms. The van der Waals surface area contributed by atoms with Gasteiger partial charge in [0, 0.05) is 51.0 Å². The van der Waals surface area contributed by atoms with Gasteiger partial charge in [-0.1, -0.05) is 18.2 Å². The van der Waals surface area contributed by atoms with Crippen LogP contribution in [0, 0.1) is 5.82 Å². The minimum atomic E-state index is -0.307. The number of amides is 2. The molecule has 2 amide bonds. The first kappa shape index (κ1) is 15.5. The van der Waals surface area contributed by atoms with Crippen LogP contribution in [0.1, 0.15) is 5.56 Å². The van der Waals surface area contributed by atoms with Crippen LogP contribution >= 0.6 is 0 Å². The summed E-state index contributed by atoms with van der Waals surface area (Å²) in [5.74, 6) is -0.307. The number of nitrogens with zero attached hydrogens (tertiary/aromatic N) is 2. The van der Waals surface area contributed by atoms with Gasteiger partial charge in [0.25, 0.3) is 0 Å². The molecule has 3 N–H and O–H groups in total. The topological polar surface area (TPSA) is 61.6 Å². The molecule has 5 nitrogen and oxygen atoms in total. The molecule has 21 heavy (non-hydrogen) atoms. The van der Waals surface area contributed by atoms with E-state index in [4.69, 9.17) is 5.73 Å². The number of piperazine rings is 1. The summed E-state index contributed by atoms with van der Waals surface area (Å²) in [5.41, 5.74) is 5.96. The van der Waals surface area contributed by atoms with E-state index in [-0.39, 0.29) is 11.8 Å². The van der Waals surface area contributed by atoms with Crippen molar-refractivity contribution in [3.8, 4) is 0 Å². The molecular weight excluding hydrogens is 271 g/mol. The third-order valence-electron chi connectivity index (χ3n) is 3.48. The van der Waals surface area contributed by atoms with Crippen LogP contribution in [0.2, 0.25) is 0 Å². The van der Waals surface area contributed by atoms with Crippen LogP contribution in [0.3, 0.4) is 0 Å². The van der Waals surface area contributed by atoms with Gasteiger partial charge in [0.05, 0.1) is 0 Å². The summed E-state index contributed by atoms with van der Waals surface area (Å²) in [5, 5.41) is 2.67. The van der Waals surface area contributed by atoms with Crippen LogP contribution < -0.4 is 11.1 Å². The molecule has 1 heterocycles. The number of nitrogens with two attached hydrogens (primary N) is 1. The normalized spacial score (nSPS) is 16.4. The van der Waals surface area contributed by atoms with E-state index in [0.717, 1.165) is 19.6 Å². The lowest BCUT2D eigenvalue weighted by Crippen LogP contribution is -2.51. The summed E-state index contributed by atoms with van der Waals surface area (Å²) in [6, 6.07) is 6.27. The number of halogens is 1. The minimum Gasteiger partial charge on any atom is -0.329 e. The Labute approximate surface area is 124 Å². The third kappa shape index (κ3) is 4.54. The quantitative estimate of drug-likeness (QED) is 0.873. The van der Waals surface area contributed by atoms with Gasteiger partial charge in [-0.15, -0.1) is 0 Å². The lowest BCUT2D eigenvalue weighted by molar-refractivity contribution is 0.143. The van der Waals surface area contributed by atoms with Crippen LogP contribution in [0.4, 0.5) is 9.18 Å². The molecule has 1 aliphatic heterocycles. The average molecular weight is 292 g/mol. The predicted molar refractivity (Wildman–Crippen MR) is 81.0 cm³/mol. The first-order chi connectivity index (χ1) is 10.2. The Morgan fingerprint density at radius 3 is 2.67 bits per heavy atom. The number of benzene rings is 1. The summed E-state index contributed by atoms with van der Waals surface area (Å²) in [7, 11) is 0. The van der Waals surface area contributed by atoms with Crippen molar-refractivity contribution in [1.29, 1.82) is 0 Å². The van der Waals surface area contributed by atoms with Crippen molar-refractivity contribution in [2.24, 2.45) is 5.73 Å². The molecule has 0 radical (unpaired) electrons. The van der Waals surface area contributed by atoms with Gasteiger partial charge < -0.3 is 16.0 Å². The molecule has 0 unspecified atom stereocenters. The SMILES string of the molecule is NCCN1CCN(C(=O)N/C=C/c2ccccc2F)CC1. The summed E-state index contributed by atoms with van der Waals surface area (Å²) in [4.78, 5) is 15.9. The Bertz CT molecular complexity index is 498. The van der Waals surface area contributed by atoms with Gasteiger partial charge in [0.2, 0.25) is 0 Å². The zero-order valence-corrected chi connectivity index (χ0v) is 12.0. The number of carbonyl (C=O) groups excluding carboxylic acids is 1. The molecule has 2 rings (SSSR count). The Balaban J connectivity index is 1.79. The number of carbonyl (C=O) groups is 1. The van der Waals surface area contributed by atoms with Gasteiger partial charge in [-0.25, -0.2) is 9.18 Å². The van der Waals surface area contributed by atoms with E-state index < -0.39 is 0 Å². The minimum absolute atomic E-state index is 0.157. The third-order valence-corrected chi connectivity index (χ3v) is 3.48. The van der Waals surface area contributed by atoms with Crippen molar-refractivity contribution in [2.75, 3.05) is 39.3 Å². The van der Waals surface area contributed by atoms with Gasteiger partial charge in [0.15, 0.2) is 0 Å². The Hall–Kier alpha value is -1.92. The fraction of sp³-hybridized carbons (Fsp3) is 0.400. The zero-order valence-electron chi connectivity index (χ0n) is 12.0. The number of rotatable bonds is 4. The highest BCUT2D eigenvalue weighted by atomic mass is 19.1.